The van der Waals surface area contributed by atoms with Gasteiger partial charge in [0.2, 0.25) is 0 Å². The summed E-state index contributed by atoms with van der Waals surface area (Å²) in [7, 11) is 0. The molecule has 1 aromatic rings. The van der Waals surface area contributed by atoms with Crippen molar-refractivity contribution in [2.24, 2.45) is 11.7 Å². The fourth-order valence-electron chi connectivity index (χ4n) is 1.88. The second-order valence-electron chi connectivity index (χ2n) is 4.38. The van der Waals surface area contributed by atoms with Gasteiger partial charge in [-0.2, -0.15) is 11.3 Å². The second-order valence-corrected chi connectivity index (χ2v) is 5.16. The molecule has 15 heavy (non-hydrogen) atoms. The molecule has 2 nitrogen and oxygen atoms in total. The summed E-state index contributed by atoms with van der Waals surface area (Å²) in [6.07, 6.45) is 5.62. The number of nitrogens with two attached hydrogens (primary N) is 1. The first-order valence-corrected chi connectivity index (χ1v) is 6.80. The lowest BCUT2D eigenvalue weighted by molar-refractivity contribution is 0.513. The second kappa shape index (κ2) is 5.64. The van der Waals surface area contributed by atoms with Crippen LogP contribution in [0.2, 0.25) is 0 Å². The molecule has 3 heteroatoms. The lowest BCUT2D eigenvalue weighted by atomic mass is 10.1. The SMILES string of the molecule is NCC(NCCCC1CC1)c1ccsc1. The average molecular weight is 224 g/mol. The number of hydrogen-bond donors (Lipinski definition) is 2. The van der Waals surface area contributed by atoms with E-state index in [1.54, 1.807) is 11.3 Å². The number of hydrogen-bond acceptors (Lipinski definition) is 3. The maximum atomic E-state index is 5.76. The zero-order valence-corrected chi connectivity index (χ0v) is 9.93. The Morgan fingerprint density at radius 2 is 2.40 bits per heavy atom. The van der Waals surface area contributed by atoms with Gasteiger partial charge < -0.3 is 11.1 Å². The zero-order chi connectivity index (χ0) is 10.5. The zero-order valence-electron chi connectivity index (χ0n) is 9.11. The van der Waals surface area contributed by atoms with E-state index in [1.807, 2.05) is 0 Å². The standard InChI is InChI=1S/C12H20N2S/c13-8-12(11-5-7-15-9-11)14-6-1-2-10-3-4-10/h5,7,9-10,12,14H,1-4,6,8,13H2. The molecule has 1 fully saturated rings. The minimum Gasteiger partial charge on any atom is -0.329 e. The molecule has 1 unspecified atom stereocenters. The van der Waals surface area contributed by atoms with E-state index < -0.39 is 0 Å². The molecule has 0 bridgehead atoms. The van der Waals surface area contributed by atoms with Crippen LogP contribution in [-0.2, 0) is 0 Å². The van der Waals surface area contributed by atoms with Gasteiger partial charge in [-0.3, -0.25) is 0 Å². The average Bonchev–Trinajstić information content (AvgIpc) is 2.92. The lowest BCUT2D eigenvalue weighted by Crippen LogP contribution is -2.28. The molecule has 0 aromatic carbocycles. The molecule has 0 spiro atoms. The molecule has 0 amide bonds. The van der Waals surface area contributed by atoms with Crippen molar-refractivity contribution in [3.8, 4) is 0 Å². The van der Waals surface area contributed by atoms with Crippen LogP contribution < -0.4 is 11.1 Å². The van der Waals surface area contributed by atoms with Gasteiger partial charge in [-0.05, 0) is 47.7 Å². The highest BCUT2D eigenvalue weighted by atomic mass is 32.1. The molecule has 1 atom stereocenters. The van der Waals surface area contributed by atoms with Crippen LogP contribution in [0.15, 0.2) is 16.8 Å². The van der Waals surface area contributed by atoms with Gasteiger partial charge in [0.15, 0.2) is 0 Å². The Labute approximate surface area is 95.9 Å². The van der Waals surface area contributed by atoms with Crippen molar-refractivity contribution in [1.82, 2.24) is 5.32 Å². The predicted molar refractivity (Wildman–Crippen MR) is 66.1 cm³/mol. The topological polar surface area (TPSA) is 38.0 Å². The van der Waals surface area contributed by atoms with Crippen LogP contribution in [0.25, 0.3) is 0 Å². The van der Waals surface area contributed by atoms with E-state index in [-0.39, 0.29) is 0 Å². The third kappa shape index (κ3) is 3.59. The molecule has 1 saturated carbocycles. The Hall–Kier alpha value is -0.380. The molecule has 84 valence electrons. The van der Waals surface area contributed by atoms with E-state index in [1.165, 1.54) is 31.2 Å². The van der Waals surface area contributed by atoms with Gasteiger partial charge in [0, 0.05) is 12.6 Å². The van der Waals surface area contributed by atoms with Crippen molar-refractivity contribution < 1.29 is 0 Å². The molecule has 1 aromatic heterocycles. The van der Waals surface area contributed by atoms with Gasteiger partial charge in [0.05, 0.1) is 0 Å². The van der Waals surface area contributed by atoms with E-state index in [2.05, 4.69) is 22.1 Å². The van der Waals surface area contributed by atoms with Crippen molar-refractivity contribution in [3.63, 3.8) is 0 Å². The Morgan fingerprint density at radius 3 is 3.00 bits per heavy atom. The quantitative estimate of drug-likeness (QED) is 0.698. The Kier molecular flexibility index (Phi) is 4.18. The third-order valence-corrected chi connectivity index (χ3v) is 3.76. The Balaban J connectivity index is 1.66. The van der Waals surface area contributed by atoms with E-state index in [0.717, 1.165) is 12.5 Å². The monoisotopic (exact) mass is 224 g/mol. The van der Waals surface area contributed by atoms with Crippen molar-refractivity contribution in [2.75, 3.05) is 13.1 Å². The summed E-state index contributed by atoms with van der Waals surface area (Å²) in [6, 6.07) is 2.52. The summed E-state index contributed by atoms with van der Waals surface area (Å²) < 4.78 is 0. The molecule has 2 rings (SSSR count). The summed E-state index contributed by atoms with van der Waals surface area (Å²) in [5, 5.41) is 7.84. The first-order chi connectivity index (χ1) is 7.40. The molecule has 0 aliphatic heterocycles. The molecule has 1 heterocycles. The minimum atomic E-state index is 0.357. The van der Waals surface area contributed by atoms with Gasteiger partial charge >= 0.3 is 0 Å². The molecule has 0 saturated heterocycles. The van der Waals surface area contributed by atoms with Gasteiger partial charge in [-0.15, -0.1) is 0 Å². The van der Waals surface area contributed by atoms with Crippen molar-refractivity contribution in [2.45, 2.75) is 31.7 Å². The smallest absolute Gasteiger partial charge is 0.0452 e. The summed E-state index contributed by atoms with van der Waals surface area (Å²) in [5.41, 5.74) is 7.10. The van der Waals surface area contributed by atoms with E-state index in [4.69, 9.17) is 5.73 Å². The summed E-state index contributed by atoms with van der Waals surface area (Å²) in [5.74, 6) is 1.05. The molecular weight excluding hydrogens is 204 g/mol. The van der Waals surface area contributed by atoms with Gasteiger partial charge in [0.25, 0.3) is 0 Å². The van der Waals surface area contributed by atoms with Crippen molar-refractivity contribution in [1.29, 1.82) is 0 Å². The maximum absolute atomic E-state index is 5.76. The fourth-order valence-corrected chi connectivity index (χ4v) is 2.60. The summed E-state index contributed by atoms with van der Waals surface area (Å²) in [6.45, 7) is 1.80. The Morgan fingerprint density at radius 1 is 1.53 bits per heavy atom. The minimum absolute atomic E-state index is 0.357. The van der Waals surface area contributed by atoms with Gasteiger partial charge in [-0.25, -0.2) is 0 Å². The third-order valence-electron chi connectivity index (χ3n) is 3.06. The highest BCUT2D eigenvalue weighted by Gasteiger charge is 2.20. The van der Waals surface area contributed by atoms with Crippen LogP contribution >= 0.6 is 11.3 Å². The number of thiophene rings is 1. The summed E-state index contributed by atoms with van der Waals surface area (Å²) >= 11 is 1.74. The lowest BCUT2D eigenvalue weighted by Gasteiger charge is -2.15. The van der Waals surface area contributed by atoms with E-state index in [9.17, 15) is 0 Å². The van der Waals surface area contributed by atoms with Crippen LogP contribution in [0.1, 0.15) is 37.3 Å². The van der Waals surface area contributed by atoms with Gasteiger partial charge in [-0.1, -0.05) is 12.8 Å². The van der Waals surface area contributed by atoms with E-state index >= 15 is 0 Å². The van der Waals surface area contributed by atoms with Crippen LogP contribution in [0.3, 0.4) is 0 Å². The number of rotatable bonds is 7. The molecule has 3 N–H and O–H groups in total. The van der Waals surface area contributed by atoms with Crippen LogP contribution in [0.4, 0.5) is 0 Å². The number of nitrogens with one attached hydrogen (secondary N) is 1. The van der Waals surface area contributed by atoms with E-state index in [0.29, 0.717) is 12.6 Å². The highest BCUT2D eigenvalue weighted by molar-refractivity contribution is 7.07. The summed E-state index contributed by atoms with van der Waals surface area (Å²) in [4.78, 5) is 0. The van der Waals surface area contributed by atoms with Crippen molar-refractivity contribution >= 4 is 11.3 Å². The molecule has 1 aliphatic carbocycles. The first kappa shape index (κ1) is 11.1. The molecule has 0 radical (unpaired) electrons. The molecular formula is C12H20N2S. The largest absolute Gasteiger partial charge is 0.329 e. The maximum Gasteiger partial charge on any atom is 0.0452 e. The van der Waals surface area contributed by atoms with Crippen LogP contribution in [0.5, 0.6) is 0 Å². The van der Waals surface area contributed by atoms with Crippen LogP contribution in [-0.4, -0.2) is 13.1 Å². The highest BCUT2D eigenvalue weighted by Crippen LogP contribution is 2.33. The first-order valence-electron chi connectivity index (χ1n) is 5.85. The fraction of sp³-hybridized carbons (Fsp3) is 0.667. The predicted octanol–water partition coefficient (Wildman–Crippen LogP) is 2.53. The van der Waals surface area contributed by atoms with Gasteiger partial charge in [0.1, 0.15) is 0 Å². The molecule has 1 aliphatic rings. The Bertz CT molecular complexity index is 267. The van der Waals surface area contributed by atoms with Crippen LogP contribution in [0, 0.1) is 5.92 Å². The normalized spacial score (nSPS) is 17.9. The van der Waals surface area contributed by atoms with Crippen molar-refractivity contribution in [3.05, 3.63) is 22.4 Å².